The Morgan fingerprint density at radius 1 is 1.29 bits per heavy atom. The van der Waals surface area contributed by atoms with E-state index in [-0.39, 0.29) is 12.5 Å². The number of aromatic nitrogens is 1. The van der Waals surface area contributed by atoms with Gasteiger partial charge in [0.05, 0.1) is 11.2 Å². The van der Waals surface area contributed by atoms with Crippen molar-refractivity contribution in [3.05, 3.63) is 53.7 Å². The fourth-order valence-electron chi connectivity index (χ4n) is 2.96. The molecule has 5 heteroatoms. The van der Waals surface area contributed by atoms with Crippen LogP contribution in [0, 0.1) is 0 Å². The van der Waals surface area contributed by atoms with Crippen molar-refractivity contribution in [2.24, 2.45) is 0 Å². The summed E-state index contributed by atoms with van der Waals surface area (Å²) in [6, 6.07) is 12.4. The molecule has 1 aromatic carbocycles. The van der Waals surface area contributed by atoms with Crippen LogP contribution in [0.15, 0.2) is 48.0 Å². The molecule has 0 fully saturated rings. The largest absolute Gasteiger partial charge is 0.375 e. The van der Waals surface area contributed by atoms with Crippen molar-refractivity contribution in [1.82, 2.24) is 15.2 Å². The van der Waals surface area contributed by atoms with Gasteiger partial charge in [-0.2, -0.15) is 0 Å². The van der Waals surface area contributed by atoms with Crippen molar-refractivity contribution in [2.45, 2.75) is 13.0 Å². The van der Waals surface area contributed by atoms with E-state index in [1.807, 2.05) is 18.2 Å². The highest BCUT2D eigenvalue weighted by Crippen LogP contribution is 2.15. The van der Waals surface area contributed by atoms with Crippen LogP contribution in [-0.2, 0) is 16.1 Å². The van der Waals surface area contributed by atoms with Crippen molar-refractivity contribution in [1.29, 1.82) is 0 Å². The molecule has 0 unspecified atom stereocenters. The number of benzene rings is 1. The molecule has 126 valence electrons. The predicted molar refractivity (Wildman–Crippen MR) is 94.6 cm³/mol. The summed E-state index contributed by atoms with van der Waals surface area (Å²) in [5.74, 6) is -0.0771. The lowest BCUT2D eigenvalue weighted by molar-refractivity contribution is -0.124. The number of methoxy groups -OCH3 is 1. The van der Waals surface area contributed by atoms with Gasteiger partial charge in [0.15, 0.2) is 0 Å². The molecule has 1 aliphatic heterocycles. The molecule has 0 spiro atoms. The number of pyridine rings is 1. The van der Waals surface area contributed by atoms with Gasteiger partial charge >= 0.3 is 0 Å². The Balaban J connectivity index is 1.57. The molecule has 0 atom stereocenters. The number of fused-ring (bicyclic) bond motifs is 1. The van der Waals surface area contributed by atoms with E-state index in [0.29, 0.717) is 6.54 Å². The van der Waals surface area contributed by atoms with Gasteiger partial charge < -0.3 is 10.1 Å². The van der Waals surface area contributed by atoms with Gasteiger partial charge in [-0.3, -0.25) is 14.7 Å². The molecule has 0 aliphatic carbocycles. The van der Waals surface area contributed by atoms with Gasteiger partial charge in [-0.25, -0.2) is 0 Å². The van der Waals surface area contributed by atoms with Crippen LogP contribution in [0.1, 0.15) is 12.1 Å². The van der Waals surface area contributed by atoms with E-state index in [0.717, 1.165) is 37.3 Å². The average Bonchev–Trinajstić information content (AvgIpc) is 2.60. The lowest BCUT2D eigenvalue weighted by Crippen LogP contribution is -2.35. The summed E-state index contributed by atoms with van der Waals surface area (Å²) in [5.41, 5.74) is 3.36. The second kappa shape index (κ2) is 8.04. The van der Waals surface area contributed by atoms with Crippen LogP contribution in [0.5, 0.6) is 0 Å². The molecular formula is C19H23N3O2. The molecule has 0 saturated carbocycles. The molecular weight excluding hydrogens is 302 g/mol. The van der Waals surface area contributed by atoms with Gasteiger partial charge in [0.25, 0.3) is 0 Å². The molecule has 3 rings (SSSR count). The van der Waals surface area contributed by atoms with Gasteiger partial charge in [-0.15, -0.1) is 0 Å². The summed E-state index contributed by atoms with van der Waals surface area (Å²) in [6.07, 6.45) is 3.22. The zero-order valence-electron chi connectivity index (χ0n) is 14.0. The van der Waals surface area contributed by atoms with E-state index < -0.39 is 0 Å². The maximum absolute atomic E-state index is 11.5. The summed E-state index contributed by atoms with van der Waals surface area (Å²) >= 11 is 0. The molecule has 0 bridgehead atoms. The number of carbonyl (C=O) groups excluding carboxylic acids is 1. The van der Waals surface area contributed by atoms with Crippen molar-refractivity contribution >= 4 is 16.8 Å². The predicted octanol–water partition coefficient (Wildman–Crippen LogP) is 2.13. The number of ether oxygens (including phenoxy) is 1. The number of hydrogen-bond acceptors (Lipinski definition) is 4. The highest BCUT2D eigenvalue weighted by molar-refractivity contribution is 5.78. The van der Waals surface area contributed by atoms with Gasteiger partial charge in [0, 0.05) is 38.7 Å². The molecule has 1 aliphatic rings. The smallest absolute Gasteiger partial charge is 0.246 e. The first-order chi connectivity index (χ1) is 11.7. The first-order valence-corrected chi connectivity index (χ1v) is 8.25. The summed E-state index contributed by atoms with van der Waals surface area (Å²) in [7, 11) is 1.53. The quantitative estimate of drug-likeness (QED) is 0.827. The minimum Gasteiger partial charge on any atom is -0.375 e. The molecule has 2 aromatic rings. The van der Waals surface area contributed by atoms with Gasteiger partial charge in [0.2, 0.25) is 5.91 Å². The van der Waals surface area contributed by atoms with Crippen LogP contribution < -0.4 is 5.32 Å². The van der Waals surface area contributed by atoms with Crippen molar-refractivity contribution < 1.29 is 9.53 Å². The fourth-order valence-corrected chi connectivity index (χ4v) is 2.96. The van der Waals surface area contributed by atoms with Gasteiger partial charge in [-0.1, -0.05) is 30.3 Å². The third kappa shape index (κ3) is 4.40. The minimum atomic E-state index is -0.0771. The summed E-state index contributed by atoms with van der Waals surface area (Å²) in [5, 5.41) is 4.06. The summed E-state index contributed by atoms with van der Waals surface area (Å²) in [4.78, 5) is 18.6. The number of amides is 1. The van der Waals surface area contributed by atoms with Crippen molar-refractivity contribution in [2.75, 3.05) is 33.4 Å². The van der Waals surface area contributed by atoms with E-state index in [4.69, 9.17) is 9.72 Å². The Hall–Kier alpha value is -2.24. The number of rotatable bonds is 6. The average molecular weight is 325 g/mol. The van der Waals surface area contributed by atoms with Crippen LogP contribution >= 0.6 is 0 Å². The SMILES string of the molecule is COCC(=O)NCC1=CCCN(Cc2ccc3ccccc3n2)C1. The first-order valence-electron chi connectivity index (χ1n) is 8.25. The van der Waals surface area contributed by atoms with E-state index >= 15 is 0 Å². The summed E-state index contributed by atoms with van der Waals surface area (Å²) < 4.78 is 4.83. The second-order valence-electron chi connectivity index (χ2n) is 6.07. The monoisotopic (exact) mass is 325 g/mol. The Morgan fingerprint density at radius 3 is 3.04 bits per heavy atom. The molecule has 24 heavy (non-hydrogen) atoms. The lowest BCUT2D eigenvalue weighted by atomic mass is 10.1. The Kier molecular flexibility index (Phi) is 5.56. The Bertz CT molecular complexity index is 742. The van der Waals surface area contributed by atoms with Crippen LogP contribution in [0.4, 0.5) is 0 Å². The van der Waals surface area contributed by atoms with Crippen LogP contribution in [0.2, 0.25) is 0 Å². The van der Waals surface area contributed by atoms with Crippen LogP contribution in [0.3, 0.4) is 0 Å². The molecule has 5 nitrogen and oxygen atoms in total. The number of carbonyl (C=O) groups is 1. The van der Waals surface area contributed by atoms with E-state index in [2.05, 4.69) is 34.5 Å². The van der Waals surface area contributed by atoms with Crippen molar-refractivity contribution in [3.63, 3.8) is 0 Å². The van der Waals surface area contributed by atoms with Crippen molar-refractivity contribution in [3.8, 4) is 0 Å². The molecule has 1 aromatic heterocycles. The highest BCUT2D eigenvalue weighted by Gasteiger charge is 2.14. The number of nitrogens with zero attached hydrogens (tertiary/aromatic N) is 2. The Labute approximate surface area is 142 Å². The third-order valence-electron chi connectivity index (χ3n) is 4.13. The fraction of sp³-hybridized carbons (Fsp3) is 0.368. The van der Waals surface area contributed by atoms with Gasteiger partial charge in [0.1, 0.15) is 6.61 Å². The first kappa shape index (κ1) is 16.6. The molecule has 1 N–H and O–H groups in total. The van der Waals surface area contributed by atoms with Crippen LogP contribution in [0.25, 0.3) is 10.9 Å². The molecule has 1 amide bonds. The van der Waals surface area contributed by atoms with E-state index in [9.17, 15) is 4.79 Å². The number of para-hydroxylation sites is 1. The number of hydrogen-bond donors (Lipinski definition) is 1. The number of nitrogens with one attached hydrogen (secondary N) is 1. The Morgan fingerprint density at radius 2 is 2.17 bits per heavy atom. The van der Waals surface area contributed by atoms with E-state index in [1.54, 1.807) is 0 Å². The van der Waals surface area contributed by atoms with E-state index in [1.165, 1.54) is 18.1 Å². The van der Waals surface area contributed by atoms with Gasteiger partial charge in [-0.05, 0) is 24.1 Å². The maximum atomic E-state index is 11.5. The minimum absolute atomic E-state index is 0.0771. The topological polar surface area (TPSA) is 54.5 Å². The highest BCUT2D eigenvalue weighted by atomic mass is 16.5. The zero-order chi connectivity index (χ0) is 16.8. The summed E-state index contributed by atoms with van der Waals surface area (Å²) in [6.45, 7) is 3.40. The third-order valence-corrected chi connectivity index (χ3v) is 4.13. The standard InChI is InChI=1S/C19H23N3O2/c1-24-14-19(23)20-11-15-5-4-10-22(12-15)13-17-9-8-16-6-2-3-7-18(16)21-17/h2-3,5-9H,4,10-14H2,1H3,(H,20,23). The second-order valence-corrected chi connectivity index (χ2v) is 6.07. The lowest BCUT2D eigenvalue weighted by Gasteiger charge is -2.27. The maximum Gasteiger partial charge on any atom is 0.246 e. The zero-order valence-corrected chi connectivity index (χ0v) is 14.0. The van der Waals surface area contributed by atoms with Crippen LogP contribution in [-0.4, -0.2) is 49.1 Å². The molecule has 2 heterocycles. The molecule has 0 saturated heterocycles. The normalized spacial score (nSPS) is 15.3. The molecule has 0 radical (unpaired) electrons.